The molecule has 60 valence electrons. The van der Waals surface area contributed by atoms with E-state index in [1.807, 2.05) is 6.92 Å². The largest absolute Gasteiger partial charge is 0.462 e. The summed E-state index contributed by atoms with van der Waals surface area (Å²) in [5.74, 6) is -0.295. The van der Waals surface area contributed by atoms with Crippen LogP contribution in [0.5, 0.6) is 0 Å². The Morgan fingerprint density at radius 2 is 2.10 bits per heavy atom. The maximum atomic E-state index is 10.6. The number of esters is 1. The highest BCUT2D eigenvalue weighted by molar-refractivity contribution is 7.59. The maximum Gasteiger partial charge on any atom is 0.333 e. The van der Waals surface area contributed by atoms with Gasteiger partial charge in [0.05, 0.1) is 6.61 Å². The third-order valence-corrected chi connectivity index (χ3v) is 0.786. The van der Waals surface area contributed by atoms with Gasteiger partial charge in [-0.15, -0.1) is 0 Å². The molecule has 0 saturated carbocycles. The normalized spacial score (nSPS) is 7.80. The molecule has 0 fully saturated rings. The minimum absolute atomic E-state index is 0. The molecule has 0 spiro atoms. The third kappa shape index (κ3) is 5.69. The van der Waals surface area contributed by atoms with Crippen molar-refractivity contribution in [3.63, 3.8) is 0 Å². The highest BCUT2D eigenvalue weighted by Gasteiger charge is 1.99. The summed E-state index contributed by atoms with van der Waals surface area (Å²) in [5, 5.41) is 0. The first-order chi connectivity index (χ1) is 4.18. The predicted molar refractivity (Wildman–Crippen MR) is 46.4 cm³/mol. The van der Waals surface area contributed by atoms with Crippen LogP contribution < -0.4 is 0 Å². The fourth-order valence-electron chi connectivity index (χ4n) is 0.318. The van der Waals surface area contributed by atoms with Gasteiger partial charge in [0.1, 0.15) is 0 Å². The van der Waals surface area contributed by atoms with E-state index in [-0.39, 0.29) is 19.5 Å². The molecule has 0 aromatic rings. The lowest BCUT2D eigenvalue weighted by Gasteiger charge is -1.99. The average Bonchev–Trinajstić information content (AvgIpc) is 1.82. The van der Waals surface area contributed by atoms with Gasteiger partial charge in [0.2, 0.25) is 0 Å². The molecule has 0 heterocycles. The summed E-state index contributed by atoms with van der Waals surface area (Å²) in [6.07, 6.45) is 0.860. The van der Waals surface area contributed by atoms with Gasteiger partial charge >= 0.3 is 5.97 Å². The van der Waals surface area contributed by atoms with Gasteiger partial charge in [0.25, 0.3) is 0 Å². The summed E-state index contributed by atoms with van der Waals surface area (Å²) in [4.78, 5) is 10.6. The Kier molecular flexibility index (Phi) is 8.18. The maximum absolute atomic E-state index is 10.6. The smallest absolute Gasteiger partial charge is 0.333 e. The van der Waals surface area contributed by atoms with E-state index in [1.165, 1.54) is 0 Å². The van der Waals surface area contributed by atoms with Crippen molar-refractivity contribution in [1.29, 1.82) is 0 Å². The number of rotatable bonds is 3. The van der Waals surface area contributed by atoms with E-state index in [4.69, 9.17) is 4.74 Å². The predicted octanol–water partition coefficient (Wildman–Crippen LogP) is 1.63. The van der Waals surface area contributed by atoms with Gasteiger partial charge in [-0.25, -0.2) is 4.79 Å². The summed E-state index contributed by atoms with van der Waals surface area (Å²) in [6, 6.07) is 0. The first-order valence-electron chi connectivity index (χ1n) is 3.01. The zero-order valence-electron chi connectivity index (χ0n) is 6.44. The second kappa shape index (κ2) is 6.68. The van der Waals surface area contributed by atoms with Crippen LogP contribution in [0.3, 0.4) is 0 Å². The monoisotopic (exact) mass is 162 g/mol. The third-order valence-electron chi connectivity index (χ3n) is 0.786. The quantitative estimate of drug-likeness (QED) is 0.465. The van der Waals surface area contributed by atoms with Gasteiger partial charge in [-0.1, -0.05) is 13.5 Å². The molecule has 0 N–H and O–H groups in total. The summed E-state index contributed by atoms with van der Waals surface area (Å²) in [7, 11) is 0. The molecule has 0 aromatic carbocycles. The number of carbonyl (C=O) groups is 1. The molecule has 0 saturated heterocycles. The SMILES string of the molecule is C=C(C)C(=O)OCCC.S. The number of carbonyl (C=O) groups excluding carboxylic acids is 1. The molecule has 0 rings (SSSR count). The van der Waals surface area contributed by atoms with Gasteiger partial charge in [0, 0.05) is 5.57 Å². The molecule has 0 bridgehead atoms. The van der Waals surface area contributed by atoms with E-state index in [1.54, 1.807) is 6.92 Å². The molecular weight excluding hydrogens is 148 g/mol. The Bertz CT molecular complexity index is 121. The molecule has 10 heavy (non-hydrogen) atoms. The van der Waals surface area contributed by atoms with E-state index >= 15 is 0 Å². The number of hydrogen-bond acceptors (Lipinski definition) is 2. The fraction of sp³-hybridized carbons (Fsp3) is 0.571. The second-order valence-electron chi connectivity index (χ2n) is 1.92. The number of hydrogen-bond donors (Lipinski definition) is 0. The van der Waals surface area contributed by atoms with Crippen molar-refractivity contribution in [1.82, 2.24) is 0 Å². The van der Waals surface area contributed by atoms with E-state index in [2.05, 4.69) is 6.58 Å². The fourth-order valence-corrected chi connectivity index (χ4v) is 0.318. The highest BCUT2D eigenvalue weighted by Crippen LogP contribution is 1.91. The van der Waals surface area contributed by atoms with Crippen molar-refractivity contribution in [2.24, 2.45) is 0 Å². The van der Waals surface area contributed by atoms with E-state index in [0.29, 0.717) is 12.2 Å². The Hall–Kier alpha value is -0.440. The van der Waals surface area contributed by atoms with Crippen molar-refractivity contribution in [3.05, 3.63) is 12.2 Å². The van der Waals surface area contributed by atoms with Gasteiger partial charge in [-0.2, -0.15) is 13.5 Å². The van der Waals surface area contributed by atoms with Gasteiger partial charge in [-0.05, 0) is 13.3 Å². The second-order valence-corrected chi connectivity index (χ2v) is 1.92. The minimum Gasteiger partial charge on any atom is -0.462 e. The molecule has 0 aromatic heterocycles. The average molecular weight is 162 g/mol. The number of ether oxygens (including phenoxy) is 1. The minimum atomic E-state index is -0.295. The Morgan fingerprint density at radius 3 is 2.40 bits per heavy atom. The summed E-state index contributed by atoms with van der Waals surface area (Å²) in [5.41, 5.74) is 0.462. The van der Waals surface area contributed by atoms with Crippen molar-refractivity contribution >= 4 is 19.5 Å². The van der Waals surface area contributed by atoms with Crippen LogP contribution in [-0.2, 0) is 9.53 Å². The van der Waals surface area contributed by atoms with E-state index in [9.17, 15) is 4.79 Å². The molecular formula is C7H14O2S. The van der Waals surface area contributed by atoms with Crippen LogP contribution in [0.15, 0.2) is 12.2 Å². The molecule has 2 nitrogen and oxygen atoms in total. The molecule has 0 amide bonds. The Labute approximate surface area is 68.7 Å². The highest BCUT2D eigenvalue weighted by atomic mass is 32.1. The van der Waals surface area contributed by atoms with Crippen LogP contribution in [0.2, 0.25) is 0 Å². The summed E-state index contributed by atoms with van der Waals surface area (Å²) >= 11 is 0. The molecule has 0 aliphatic carbocycles. The molecule has 0 aliphatic rings. The first-order valence-corrected chi connectivity index (χ1v) is 3.01. The van der Waals surface area contributed by atoms with E-state index < -0.39 is 0 Å². The van der Waals surface area contributed by atoms with Crippen LogP contribution in [-0.4, -0.2) is 12.6 Å². The zero-order valence-corrected chi connectivity index (χ0v) is 7.44. The van der Waals surface area contributed by atoms with Crippen LogP contribution in [0.1, 0.15) is 20.3 Å². The van der Waals surface area contributed by atoms with E-state index in [0.717, 1.165) is 6.42 Å². The Balaban J connectivity index is 0. The van der Waals surface area contributed by atoms with Crippen molar-refractivity contribution < 1.29 is 9.53 Å². The first kappa shape index (κ1) is 12.3. The molecule has 0 unspecified atom stereocenters. The summed E-state index contributed by atoms with van der Waals surface area (Å²) < 4.78 is 4.71. The Morgan fingerprint density at radius 1 is 1.60 bits per heavy atom. The molecule has 0 radical (unpaired) electrons. The van der Waals surface area contributed by atoms with Crippen molar-refractivity contribution in [3.8, 4) is 0 Å². The molecule has 0 atom stereocenters. The van der Waals surface area contributed by atoms with Gasteiger partial charge < -0.3 is 4.74 Å². The topological polar surface area (TPSA) is 26.3 Å². The van der Waals surface area contributed by atoms with Gasteiger partial charge in [-0.3, -0.25) is 0 Å². The van der Waals surface area contributed by atoms with Crippen LogP contribution in [0, 0.1) is 0 Å². The van der Waals surface area contributed by atoms with Crippen LogP contribution >= 0.6 is 13.5 Å². The van der Waals surface area contributed by atoms with Gasteiger partial charge in [0.15, 0.2) is 0 Å². The zero-order chi connectivity index (χ0) is 7.28. The lowest BCUT2D eigenvalue weighted by atomic mass is 10.4. The lowest BCUT2D eigenvalue weighted by Crippen LogP contribution is -2.04. The summed E-state index contributed by atoms with van der Waals surface area (Å²) in [6.45, 7) is 7.51. The van der Waals surface area contributed by atoms with Crippen LogP contribution in [0.25, 0.3) is 0 Å². The van der Waals surface area contributed by atoms with Crippen LogP contribution in [0.4, 0.5) is 0 Å². The van der Waals surface area contributed by atoms with Crippen molar-refractivity contribution in [2.75, 3.05) is 6.61 Å². The molecule has 3 heteroatoms. The lowest BCUT2D eigenvalue weighted by molar-refractivity contribution is -0.138. The van der Waals surface area contributed by atoms with Crippen molar-refractivity contribution in [2.45, 2.75) is 20.3 Å². The molecule has 0 aliphatic heterocycles. The standard InChI is InChI=1S/C7H12O2.H2S/c1-4-5-9-7(8)6(2)3;/h2,4-5H2,1,3H3;1H2.